The van der Waals surface area contributed by atoms with E-state index in [1.165, 1.54) is 0 Å². The third-order valence-corrected chi connectivity index (χ3v) is 4.76. The number of fused-ring (bicyclic) bond motifs is 2. The Bertz CT molecular complexity index is 1170. The van der Waals surface area contributed by atoms with Crippen molar-refractivity contribution in [2.75, 3.05) is 0 Å². The zero-order chi connectivity index (χ0) is 20.8. The van der Waals surface area contributed by atoms with Crippen LogP contribution in [0.25, 0.3) is 0 Å². The number of pyridine rings is 1. The highest BCUT2D eigenvalue weighted by Crippen LogP contribution is 2.44. The average Bonchev–Trinajstić information content (AvgIpc) is 2.67. The summed E-state index contributed by atoms with van der Waals surface area (Å²) in [5, 5.41) is 2.77. The van der Waals surface area contributed by atoms with Gasteiger partial charge in [0.1, 0.15) is 22.8 Å². The van der Waals surface area contributed by atoms with Crippen molar-refractivity contribution in [1.29, 1.82) is 0 Å². The van der Waals surface area contributed by atoms with E-state index in [1.807, 2.05) is 19.1 Å². The number of aryl methyl sites for hydroxylation is 1. The number of ether oxygens (including phenoxy) is 1. The van der Waals surface area contributed by atoms with E-state index in [2.05, 4.69) is 5.32 Å². The van der Waals surface area contributed by atoms with Crippen LogP contribution in [0.3, 0.4) is 0 Å². The summed E-state index contributed by atoms with van der Waals surface area (Å²) < 4.78 is 44.2. The van der Waals surface area contributed by atoms with E-state index in [4.69, 9.17) is 4.74 Å². The maximum atomic E-state index is 12.8. The standard InChI is InChI=1S/C21H15F3N2O3/c1-11-5-4-8-15-17(11)18(12-6-2-3-7-14(12)29-15)26-20(28)13-9-10-16(21(22,23)24)25-19(13)27/h2-10,18H,1H3,(H,25,27)(H,26,28). The second kappa shape index (κ2) is 6.80. The summed E-state index contributed by atoms with van der Waals surface area (Å²) in [5.74, 6) is 0.337. The van der Waals surface area contributed by atoms with Crippen LogP contribution in [0.4, 0.5) is 13.2 Å². The molecule has 2 heterocycles. The number of benzene rings is 2. The largest absolute Gasteiger partial charge is 0.457 e. The minimum atomic E-state index is -4.70. The van der Waals surface area contributed by atoms with Gasteiger partial charge in [0.2, 0.25) is 0 Å². The van der Waals surface area contributed by atoms with E-state index in [-0.39, 0.29) is 0 Å². The summed E-state index contributed by atoms with van der Waals surface area (Å²) in [4.78, 5) is 26.6. The molecular weight excluding hydrogens is 385 g/mol. The van der Waals surface area contributed by atoms with E-state index in [1.54, 1.807) is 35.3 Å². The molecule has 2 N–H and O–H groups in total. The molecule has 0 fully saturated rings. The van der Waals surface area contributed by atoms with E-state index in [0.717, 1.165) is 17.2 Å². The van der Waals surface area contributed by atoms with Crippen molar-refractivity contribution in [3.63, 3.8) is 0 Å². The molecule has 0 bridgehead atoms. The van der Waals surface area contributed by atoms with Gasteiger partial charge >= 0.3 is 6.18 Å². The first kappa shape index (κ1) is 18.8. The number of hydrogen-bond donors (Lipinski definition) is 2. The van der Waals surface area contributed by atoms with Gasteiger partial charge in [-0.1, -0.05) is 30.3 Å². The highest BCUT2D eigenvalue weighted by Gasteiger charge is 2.33. The summed E-state index contributed by atoms with van der Waals surface area (Å²) in [5.41, 5.74) is -0.450. The lowest BCUT2D eigenvalue weighted by Gasteiger charge is -2.30. The fourth-order valence-electron chi connectivity index (χ4n) is 3.38. The summed E-state index contributed by atoms with van der Waals surface area (Å²) in [6.07, 6.45) is -4.70. The SMILES string of the molecule is Cc1cccc2c1C(NC(=O)c1ccc(C(F)(F)F)[nH]c1=O)c1ccccc1O2. The molecule has 1 atom stereocenters. The minimum absolute atomic E-state index is 0.405. The highest BCUT2D eigenvalue weighted by atomic mass is 19.4. The van der Waals surface area contributed by atoms with Crippen molar-refractivity contribution >= 4 is 5.91 Å². The second-order valence-electron chi connectivity index (χ2n) is 6.65. The minimum Gasteiger partial charge on any atom is -0.457 e. The molecule has 5 nitrogen and oxygen atoms in total. The van der Waals surface area contributed by atoms with Crippen molar-refractivity contribution in [3.8, 4) is 11.5 Å². The van der Waals surface area contributed by atoms with Gasteiger partial charge in [-0.3, -0.25) is 9.59 Å². The molecule has 29 heavy (non-hydrogen) atoms. The number of halogens is 3. The number of carbonyl (C=O) groups is 1. The molecule has 1 aromatic heterocycles. The van der Waals surface area contributed by atoms with Crippen molar-refractivity contribution in [1.82, 2.24) is 10.3 Å². The Balaban J connectivity index is 1.74. The van der Waals surface area contributed by atoms with E-state index >= 15 is 0 Å². The van der Waals surface area contributed by atoms with Crippen LogP contribution in [0.15, 0.2) is 59.4 Å². The molecular formula is C21H15F3N2O3. The molecule has 0 spiro atoms. The Morgan fingerprint density at radius 3 is 2.48 bits per heavy atom. The number of H-pyrrole nitrogens is 1. The predicted octanol–water partition coefficient (Wildman–Crippen LogP) is 4.33. The van der Waals surface area contributed by atoms with Gasteiger partial charge in [0.15, 0.2) is 0 Å². The first-order valence-electron chi connectivity index (χ1n) is 8.73. The van der Waals surface area contributed by atoms with E-state index in [9.17, 15) is 22.8 Å². The van der Waals surface area contributed by atoms with Crippen molar-refractivity contribution in [2.45, 2.75) is 19.1 Å². The van der Waals surface area contributed by atoms with Crippen molar-refractivity contribution < 1.29 is 22.7 Å². The third-order valence-electron chi connectivity index (χ3n) is 4.76. The molecule has 0 radical (unpaired) electrons. The normalized spacial score (nSPS) is 15.1. The Kier molecular flexibility index (Phi) is 4.41. The number of nitrogens with one attached hydrogen (secondary N) is 2. The highest BCUT2D eigenvalue weighted by molar-refractivity contribution is 5.94. The Labute approximate surface area is 163 Å². The molecule has 8 heteroatoms. The van der Waals surface area contributed by atoms with Gasteiger partial charge in [-0.25, -0.2) is 0 Å². The van der Waals surface area contributed by atoms with Crippen LogP contribution in [0.2, 0.25) is 0 Å². The lowest BCUT2D eigenvalue weighted by molar-refractivity contribution is -0.141. The van der Waals surface area contributed by atoms with Gasteiger partial charge in [-0.2, -0.15) is 13.2 Å². The van der Waals surface area contributed by atoms with Gasteiger partial charge in [0.25, 0.3) is 11.5 Å². The lowest BCUT2D eigenvalue weighted by Crippen LogP contribution is -2.35. The van der Waals surface area contributed by atoms with Crippen LogP contribution in [0, 0.1) is 6.92 Å². The number of para-hydroxylation sites is 1. The molecule has 1 aliphatic heterocycles. The Hall–Kier alpha value is -3.55. The number of amides is 1. The third kappa shape index (κ3) is 3.37. The Morgan fingerprint density at radius 2 is 1.76 bits per heavy atom. The van der Waals surface area contributed by atoms with Crippen molar-refractivity contribution in [3.05, 3.63) is 92.9 Å². The molecule has 1 unspecified atom stereocenters. The molecule has 3 aromatic rings. The molecule has 2 aromatic carbocycles. The summed E-state index contributed by atoms with van der Waals surface area (Å²) >= 11 is 0. The first-order chi connectivity index (χ1) is 13.8. The van der Waals surface area contributed by atoms with Crippen LogP contribution in [-0.2, 0) is 6.18 Å². The van der Waals surface area contributed by atoms with Gasteiger partial charge < -0.3 is 15.0 Å². The maximum absolute atomic E-state index is 12.8. The number of aromatic nitrogens is 1. The first-order valence-corrected chi connectivity index (χ1v) is 8.73. The van der Waals surface area contributed by atoms with Gasteiger partial charge in [0, 0.05) is 11.1 Å². The summed E-state index contributed by atoms with van der Waals surface area (Å²) in [6, 6.07) is 13.5. The molecule has 0 saturated heterocycles. The second-order valence-corrected chi connectivity index (χ2v) is 6.65. The van der Waals surface area contributed by atoms with Gasteiger partial charge in [-0.05, 0) is 36.8 Å². The van der Waals surface area contributed by atoms with Crippen LogP contribution in [-0.4, -0.2) is 10.9 Å². The van der Waals surface area contributed by atoms with Gasteiger partial charge in [0.05, 0.1) is 6.04 Å². The molecule has 0 aliphatic carbocycles. The number of aromatic amines is 1. The van der Waals surface area contributed by atoms with Crippen LogP contribution < -0.4 is 15.6 Å². The topological polar surface area (TPSA) is 71.2 Å². The van der Waals surface area contributed by atoms with Crippen LogP contribution in [0.1, 0.15) is 38.8 Å². The van der Waals surface area contributed by atoms with E-state index in [0.29, 0.717) is 23.1 Å². The number of rotatable bonds is 2. The number of alkyl halides is 3. The van der Waals surface area contributed by atoms with Crippen LogP contribution >= 0.6 is 0 Å². The summed E-state index contributed by atoms with van der Waals surface area (Å²) in [7, 11) is 0. The van der Waals surface area contributed by atoms with Crippen LogP contribution in [0.5, 0.6) is 11.5 Å². The Morgan fingerprint density at radius 1 is 1.03 bits per heavy atom. The molecule has 4 rings (SSSR count). The van der Waals surface area contributed by atoms with Crippen molar-refractivity contribution in [2.24, 2.45) is 0 Å². The molecule has 1 amide bonds. The zero-order valence-corrected chi connectivity index (χ0v) is 15.1. The number of carbonyl (C=O) groups excluding carboxylic acids is 1. The predicted molar refractivity (Wildman–Crippen MR) is 99.1 cm³/mol. The zero-order valence-electron chi connectivity index (χ0n) is 15.1. The number of hydrogen-bond acceptors (Lipinski definition) is 3. The lowest BCUT2D eigenvalue weighted by atomic mass is 9.91. The molecule has 148 valence electrons. The average molecular weight is 400 g/mol. The maximum Gasteiger partial charge on any atom is 0.431 e. The fraction of sp³-hybridized carbons (Fsp3) is 0.143. The molecule has 0 saturated carbocycles. The smallest absolute Gasteiger partial charge is 0.431 e. The molecule has 1 aliphatic rings. The monoisotopic (exact) mass is 400 g/mol. The fourth-order valence-corrected chi connectivity index (χ4v) is 3.38. The quantitative estimate of drug-likeness (QED) is 0.673. The summed E-state index contributed by atoms with van der Waals surface area (Å²) in [6.45, 7) is 1.86. The van der Waals surface area contributed by atoms with Gasteiger partial charge in [-0.15, -0.1) is 0 Å². The van der Waals surface area contributed by atoms with E-state index < -0.39 is 34.9 Å².